The van der Waals surface area contributed by atoms with Crippen LogP contribution in [0, 0.1) is 0 Å². The van der Waals surface area contributed by atoms with Crippen LogP contribution >= 0.6 is 0 Å². The lowest BCUT2D eigenvalue weighted by Gasteiger charge is -2.41. The van der Waals surface area contributed by atoms with Crippen LogP contribution in [0.4, 0.5) is 57.1 Å². The number of halogens is 13. The Hall–Kier alpha value is -0.853. The molecule has 0 aliphatic carbocycles. The topological polar surface area (TPSA) is 47.9 Å². The average molecular weight is 514 g/mol. The summed E-state index contributed by atoms with van der Waals surface area (Å²) in [5, 5.41) is 7.57. The Morgan fingerprint density at radius 3 is 1.26 bits per heavy atom. The van der Waals surface area contributed by atoms with Gasteiger partial charge in [0.05, 0.1) is 0 Å². The van der Waals surface area contributed by atoms with Crippen LogP contribution in [0.5, 0.6) is 0 Å². The van der Waals surface area contributed by atoms with Crippen molar-refractivity contribution in [3.63, 3.8) is 0 Å². The molecule has 4 nitrogen and oxygen atoms in total. The summed E-state index contributed by atoms with van der Waals surface area (Å²) in [7, 11) is -4.41. The molecule has 18 heteroatoms. The molecule has 0 aromatic heterocycles. The van der Waals surface area contributed by atoms with Gasteiger partial charge in [0.1, 0.15) is 0 Å². The standard InChI is InChI=1S/C11H13F13O3Si.C2H6O/c1-25-28(26-2,27-3)7(16)9(19,20)11(23,24)10(21,22)8(17,18)5(13)4(12)6(14)15;1-2-3/h4-7H,1-3H3;3H,2H2,1H3. The van der Waals surface area contributed by atoms with E-state index in [1.165, 1.54) is 0 Å². The fourth-order valence-electron chi connectivity index (χ4n) is 1.86. The second-order valence-electron chi connectivity index (χ2n) is 5.47. The number of rotatable bonds is 11. The van der Waals surface area contributed by atoms with Crippen molar-refractivity contribution < 1.29 is 75.5 Å². The van der Waals surface area contributed by atoms with Crippen molar-refractivity contribution in [3.8, 4) is 0 Å². The highest BCUT2D eigenvalue weighted by atomic mass is 28.4. The highest BCUT2D eigenvalue weighted by Gasteiger charge is 2.87. The molecule has 0 aromatic carbocycles. The van der Waals surface area contributed by atoms with Crippen LogP contribution in [-0.2, 0) is 13.3 Å². The molecule has 0 spiro atoms. The quantitative estimate of drug-likeness (QED) is 0.332. The maximum atomic E-state index is 14.0. The Balaban J connectivity index is 0. The van der Waals surface area contributed by atoms with Crippen molar-refractivity contribution in [1.82, 2.24) is 0 Å². The fourth-order valence-corrected chi connectivity index (χ4v) is 3.61. The van der Waals surface area contributed by atoms with Crippen LogP contribution in [0.3, 0.4) is 0 Å². The van der Waals surface area contributed by atoms with E-state index < -0.39 is 57.1 Å². The van der Waals surface area contributed by atoms with Crippen molar-refractivity contribution in [2.45, 2.75) is 55.2 Å². The van der Waals surface area contributed by atoms with Crippen molar-refractivity contribution in [3.05, 3.63) is 0 Å². The van der Waals surface area contributed by atoms with E-state index in [-0.39, 0.29) is 6.61 Å². The predicted molar refractivity (Wildman–Crippen MR) is 80.0 cm³/mol. The smallest absolute Gasteiger partial charge is 0.397 e. The van der Waals surface area contributed by atoms with E-state index in [1.807, 2.05) is 0 Å². The maximum Gasteiger partial charge on any atom is 0.543 e. The molecular formula is C13H19F13O4Si. The summed E-state index contributed by atoms with van der Waals surface area (Å²) in [5.41, 5.74) is 0. The van der Waals surface area contributed by atoms with Gasteiger partial charge < -0.3 is 18.4 Å². The first-order valence-corrected chi connectivity index (χ1v) is 9.55. The van der Waals surface area contributed by atoms with E-state index in [0.717, 1.165) is 0 Å². The van der Waals surface area contributed by atoms with Gasteiger partial charge in [-0.3, -0.25) is 0 Å². The molecule has 31 heavy (non-hydrogen) atoms. The van der Waals surface area contributed by atoms with Crippen molar-refractivity contribution in [2.24, 2.45) is 0 Å². The Morgan fingerprint density at radius 1 is 0.710 bits per heavy atom. The molecule has 190 valence electrons. The van der Waals surface area contributed by atoms with Gasteiger partial charge in [0, 0.05) is 27.9 Å². The first-order chi connectivity index (χ1) is 13.8. The Labute approximate surface area is 168 Å². The molecule has 0 rings (SSSR count). The summed E-state index contributed by atoms with van der Waals surface area (Å²) < 4.78 is 184. The van der Waals surface area contributed by atoms with Crippen LogP contribution in [-0.4, -0.2) is 90.1 Å². The summed E-state index contributed by atoms with van der Waals surface area (Å²) >= 11 is 0. The summed E-state index contributed by atoms with van der Waals surface area (Å²) in [6.07, 6.45) is -14.8. The Bertz CT molecular complexity index is 525. The fraction of sp³-hybridized carbons (Fsp3) is 1.00. The predicted octanol–water partition coefficient (Wildman–Crippen LogP) is 4.22. The zero-order valence-electron chi connectivity index (χ0n) is 16.1. The third-order valence-corrected chi connectivity index (χ3v) is 6.27. The average Bonchev–Trinajstić information content (AvgIpc) is 2.68. The van der Waals surface area contributed by atoms with Gasteiger partial charge in [-0.25, -0.2) is 22.0 Å². The Kier molecular flexibility index (Phi) is 11.8. The second-order valence-corrected chi connectivity index (χ2v) is 8.41. The molecule has 0 bridgehead atoms. The highest BCUT2D eigenvalue weighted by Crippen LogP contribution is 2.57. The highest BCUT2D eigenvalue weighted by molar-refractivity contribution is 6.62. The van der Waals surface area contributed by atoms with Gasteiger partial charge in [-0.05, 0) is 6.92 Å². The van der Waals surface area contributed by atoms with Crippen LogP contribution < -0.4 is 0 Å². The van der Waals surface area contributed by atoms with Gasteiger partial charge in [-0.2, -0.15) is 35.1 Å². The minimum Gasteiger partial charge on any atom is -0.397 e. The minimum absolute atomic E-state index is 0.250. The zero-order valence-corrected chi connectivity index (χ0v) is 17.1. The minimum atomic E-state index is -7.54. The van der Waals surface area contributed by atoms with E-state index in [9.17, 15) is 57.1 Å². The van der Waals surface area contributed by atoms with E-state index in [2.05, 4.69) is 13.3 Å². The molecule has 0 saturated carbocycles. The van der Waals surface area contributed by atoms with E-state index in [0.29, 0.717) is 21.3 Å². The van der Waals surface area contributed by atoms with Crippen molar-refractivity contribution in [2.75, 3.05) is 27.9 Å². The molecule has 0 fully saturated rings. The lowest BCUT2D eigenvalue weighted by atomic mass is 9.94. The largest absolute Gasteiger partial charge is 0.543 e. The van der Waals surface area contributed by atoms with Gasteiger partial charge in [0.25, 0.3) is 6.43 Å². The zero-order chi connectivity index (χ0) is 25.6. The summed E-state index contributed by atoms with van der Waals surface area (Å²) in [6.45, 7) is 1.93. The molecular weight excluding hydrogens is 495 g/mol. The van der Waals surface area contributed by atoms with Crippen molar-refractivity contribution >= 4 is 8.80 Å². The molecule has 0 aromatic rings. The van der Waals surface area contributed by atoms with Crippen molar-refractivity contribution in [1.29, 1.82) is 0 Å². The molecule has 0 saturated heterocycles. The maximum absolute atomic E-state index is 14.0. The molecule has 0 aliphatic rings. The number of hydrogen-bond donors (Lipinski definition) is 1. The molecule has 0 radical (unpaired) electrons. The summed E-state index contributed by atoms with van der Waals surface area (Å²) in [4.78, 5) is 0. The van der Waals surface area contributed by atoms with E-state index in [1.54, 1.807) is 6.92 Å². The van der Waals surface area contributed by atoms with Gasteiger partial charge in [0.2, 0.25) is 12.0 Å². The molecule has 3 atom stereocenters. The third kappa shape index (κ3) is 5.74. The lowest BCUT2D eigenvalue weighted by Crippen LogP contribution is -2.72. The number of aliphatic hydroxyl groups excluding tert-OH is 1. The molecule has 1 N–H and O–H groups in total. The Morgan fingerprint density at radius 2 is 1.00 bits per heavy atom. The van der Waals surface area contributed by atoms with Crippen LogP contribution in [0.1, 0.15) is 6.92 Å². The molecule has 0 heterocycles. The number of aliphatic hydroxyl groups is 1. The van der Waals surface area contributed by atoms with Gasteiger partial charge in [0.15, 0.2) is 6.17 Å². The van der Waals surface area contributed by atoms with Crippen LogP contribution in [0.2, 0.25) is 0 Å². The first-order valence-electron chi connectivity index (χ1n) is 7.75. The monoisotopic (exact) mass is 514 g/mol. The van der Waals surface area contributed by atoms with Crippen LogP contribution in [0.25, 0.3) is 0 Å². The van der Waals surface area contributed by atoms with Gasteiger partial charge in [-0.1, -0.05) is 0 Å². The third-order valence-electron chi connectivity index (χ3n) is 3.58. The number of alkyl halides is 13. The summed E-state index contributed by atoms with van der Waals surface area (Å²) in [5.74, 6) is -33.5. The molecule has 0 aliphatic heterocycles. The second kappa shape index (κ2) is 11.3. The number of hydrogen-bond acceptors (Lipinski definition) is 4. The lowest BCUT2D eigenvalue weighted by molar-refractivity contribution is -0.384. The normalized spacial score (nSPS) is 17.1. The van der Waals surface area contributed by atoms with Gasteiger partial charge in [-0.15, -0.1) is 0 Å². The summed E-state index contributed by atoms with van der Waals surface area (Å²) in [6, 6.07) is 0. The molecule has 0 amide bonds. The molecule has 3 unspecified atom stereocenters. The van der Waals surface area contributed by atoms with Gasteiger partial charge >= 0.3 is 32.5 Å². The van der Waals surface area contributed by atoms with E-state index >= 15 is 0 Å². The van der Waals surface area contributed by atoms with E-state index in [4.69, 9.17) is 5.11 Å². The SMILES string of the molecule is CCO.CO[Si](OC)(OC)C(F)C(F)(F)C(F)(F)C(F)(F)C(F)(F)C(F)C(F)C(F)F. The van der Waals surface area contributed by atoms with Crippen LogP contribution in [0.15, 0.2) is 0 Å². The first kappa shape index (κ1) is 32.3.